The van der Waals surface area contributed by atoms with Crippen LogP contribution in [-0.4, -0.2) is 27.0 Å². The first-order valence-electron chi connectivity index (χ1n) is 12.5. The van der Waals surface area contributed by atoms with E-state index in [0.29, 0.717) is 6.54 Å². The molecule has 0 radical (unpaired) electrons. The maximum atomic E-state index is 5.27. The number of anilines is 2. The fourth-order valence-electron chi connectivity index (χ4n) is 5.25. The number of pyridine rings is 2. The molecule has 1 aliphatic rings. The Morgan fingerprint density at radius 3 is 2.67 bits per heavy atom. The summed E-state index contributed by atoms with van der Waals surface area (Å²) in [5.41, 5.74) is 6.46. The summed E-state index contributed by atoms with van der Waals surface area (Å²) in [4.78, 5) is 22.2. The van der Waals surface area contributed by atoms with Crippen molar-refractivity contribution < 1.29 is 0 Å². The largest absolute Gasteiger partial charge is 0.365 e. The molecule has 7 heteroatoms. The molecular formula is C29H30N6S. The van der Waals surface area contributed by atoms with E-state index in [2.05, 4.69) is 77.5 Å². The van der Waals surface area contributed by atoms with Crippen LogP contribution in [0.1, 0.15) is 42.5 Å². The molecule has 0 saturated carbocycles. The van der Waals surface area contributed by atoms with E-state index < -0.39 is 0 Å². The molecule has 0 aliphatic heterocycles. The molecule has 182 valence electrons. The number of hydrogen-bond donors (Lipinski definition) is 1. The second-order valence-corrected chi connectivity index (χ2v) is 11.5. The summed E-state index contributed by atoms with van der Waals surface area (Å²) < 4.78 is 1.07. The summed E-state index contributed by atoms with van der Waals surface area (Å²) in [5.74, 6) is 1.95. The van der Waals surface area contributed by atoms with Crippen LogP contribution in [0.25, 0.3) is 20.4 Å². The number of benzene rings is 1. The molecule has 36 heavy (non-hydrogen) atoms. The van der Waals surface area contributed by atoms with Crippen LogP contribution in [-0.2, 0) is 25.9 Å². The number of rotatable bonds is 6. The van der Waals surface area contributed by atoms with Gasteiger partial charge in [-0.2, -0.15) is 0 Å². The highest BCUT2D eigenvalue weighted by Gasteiger charge is 2.32. The topological polar surface area (TPSA) is 66.8 Å². The van der Waals surface area contributed by atoms with Crippen LogP contribution in [0.3, 0.4) is 0 Å². The zero-order valence-electron chi connectivity index (χ0n) is 21.0. The molecule has 5 aromatic rings. The van der Waals surface area contributed by atoms with Gasteiger partial charge in [0.25, 0.3) is 0 Å². The Kier molecular flexibility index (Phi) is 5.80. The van der Waals surface area contributed by atoms with E-state index in [1.54, 1.807) is 23.9 Å². The summed E-state index contributed by atoms with van der Waals surface area (Å²) in [6.45, 7) is 6.25. The SMILES string of the molecule is CN(Cc1ccccc1)c1nc2sc3c(NCc4cccnc4)ncnc3c2c2c1CCC(C)(C)C2. The molecule has 4 heterocycles. The minimum absolute atomic E-state index is 0.249. The Hall–Kier alpha value is -3.58. The highest BCUT2D eigenvalue weighted by molar-refractivity contribution is 7.26. The van der Waals surface area contributed by atoms with Gasteiger partial charge < -0.3 is 10.2 Å². The van der Waals surface area contributed by atoms with Gasteiger partial charge in [0.05, 0.1) is 10.2 Å². The first kappa shape index (κ1) is 22.9. The predicted octanol–water partition coefficient (Wildman–Crippen LogP) is 6.40. The molecule has 0 spiro atoms. The summed E-state index contributed by atoms with van der Waals surface area (Å²) >= 11 is 1.69. The van der Waals surface area contributed by atoms with Crippen molar-refractivity contribution in [3.8, 4) is 0 Å². The third-order valence-electron chi connectivity index (χ3n) is 7.11. The molecule has 0 fully saturated rings. The van der Waals surface area contributed by atoms with Gasteiger partial charge in [0.15, 0.2) is 0 Å². The zero-order chi connectivity index (χ0) is 24.7. The normalized spacial score (nSPS) is 14.6. The quantitative estimate of drug-likeness (QED) is 0.295. The minimum atomic E-state index is 0.249. The molecule has 1 N–H and O–H groups in total. The smallest absolute Gasteiger partial charge is 0.147 e. The molecule has 0 saturated heterocycles. The van der Waals surface area contributed by atoms with Gasteiger partial charge in [0, 0.05) is 37.9 Å². The standard InChI is InChI=1S/C29H30N6S/c1-29(2)12-11-21-22(14-29)23-24-25(26(33-18-32-24)31-16-20-10-7-13-30-15-20)36-28(23)34-27(21)35(3)17-19-8-5-4-6-9-19/h4-10,13,15,18H,11-12,14,16-17H2,1-3H3,(H,31,32,33). The molecule has 4 aromatic heterocycles. The van der Waals surface area contributed by atoms with Crippen LogP contribution in [0.5, 0.6) is 0 Å². The van der Waals surface area contributed by atoms with Gasteiger partial charge >= 0.3 is 0 Å². The van der Waals surface area contributed by atoms with E-state index in [1.165, 1.54) is 22.1 Å². The average molecular weight is 495 g/mol. The fourth-order valence-corrected chi connectivity index (χ4v) is 6.37. The lowest BCUT2D eigenvalue weighted by Gasteiger charge is -2.34. The number of nitrogens with zero attached hydrogens (tertiary/aromatic N) is 5. The van der Waals surface area contributed by atoms with Gasteiger partial charge in [-0.1, -0.05) is 50.2 Å². The summed E-state index contributed by atoms with van der Waals surface area (Å²) in [6.07, 6.45) is 8.58. The van der Waals surface area contributed by atoms with E-state index in [0.717, 1.165) is 58.1 Å². The van der Waals surface area contributed by atoms with Gasteiger partial charge in [0.1, 0.15) is 22.8 Å². The van der Waals surface area contributed by atoms with Crippen molar-refractivity contribution in [3.05, 3.63) is 83.4 Å². The highest BCUT2D eigenvalue weighted by Crippen LogP contribution is 2.46. The molecule has 6 rings (SSSR count). The number of nitrogens with one attached hydrogen (secondary N) is 1. The second-order valence-electron chi connectivity index (χ2n) is 10.5. The van der Waals surface area contributed by atoms with Crippen molar-refractivity contribution in [3.63, 3.8) is 0 Å². The predicted molar refractivity (Wildman–Crippen MR) is 149 cm³/mol. The molecule has 0 amide bonds. The third kappa shape index (κ3) is 4.28. The molecule has 1 aromatic carbocycles. The Labute approximate surface area is 215 Å². The van der Waals surface area contributed by atoms with Crippen LogP contribution < -0.4 is 10.2 Å². The first-order valence-corrected chi connectivity index (χ1v) is 13.3. The van der Waals surface area contributed by atoms with Gasteiger partial charge in [-0.05, 0) is 53.0 Å². The fraction of sp³-hybridized carbons (Fsp3) is 0.310. The van der Waals surface area contributed by atoms with Crippen molar-refractivity contribution >= 4 is 43.4 Å². The van der Waals surface area contributed by atoms with Crippen LogP contribution in [0.2, 0.25) is 0 Å². The van der Waals surface area contributed by atoms with Gasteiger partial charge in [-0.25, -0.2) is 15.0 Å². The van der Waals surface area contributed by atoms with Crippen LogP contribution >= 0.6 is 11.3 Å². The van der Waals surface area contributed by atoms with Gasteiger partial charge in [-0.3, -0.25) is 4.98 Å². The van der Waals surface area contributed by atoms with Crippen molar-refractivity contribution in [2.24, 2.45) is 5.41 Å². The Bertz CT molecular complexity index is 1530. The first-order chi connectivity index (χ1) is 17.5. The minimum Gasteiger partial charge on any atom is -0.365 e. The van der Waals surface area contributed by atoms with Crippen molar-refractivity contribution in [2.45, 2.75) is 46.2 Å². The zero-order valence-corrected chi connectivity index (χ0v) is 21.8. The van der Waals surface area contributed by atoms with Crippen molar-refractivity contribution in [2.75, 3.05) is 17.3 Å². The molecule has 0 unspecified atom stereocenters. The number of thiophene rings is 1. The lowest BCUT2D eigenvalue weighted by Crippen LogP contribution is -2.26. The number of hydrogen-bond acceptors (Lipinski definition) is 7. The van der Waals surface area contributed by atoms with E-state index in [-0.39, 0.29) is 5.41 Å². The van der Waals surface area contributed by atoms with Crippen molar-refractivity contribution in [1.82, 2.24) is 19.9 Å². The second kappa shape index (κ2) is 9.13. The Balaban J connectivity index is 1.47. The van der Waals surface area contributed by atoms with Crippen LogP contribution in [0.15, 0.2) is 61.2 Å². The molecule has 1 aliphatic carbocycles. The lowest BCUT2D eigenvalue weighted by atomic mass is 9.73. The number of aromatic nitrogens is 4. The molecule has 0 bridgehead atoms. The lowest BCUT2D eigenvalue weighted by molar-refractivity contribution is 0.316. The monoisotopic (exact) mass is 494 g/mol. The summed E-state index contributed by atoms with van der Waals surface area (Å²) in [5, 5.41) is 4.72. The molecular weight excluding hydrogens is 464 g/mol. The summed E-state index contributed by atoms with van der Waals surface area (Å²) in [6, 6.07) is 14.6. The van der Waals surface area contributed by atoms with E-state index in [4.69, 9.17) is 9.97 Å². The van der Waals surface area contributed by atoms with E-state index in [1.807, 2.05) is 12.3 Å². The van der Waals surface area contributed by atoms with Crippen LogP contribution in [0.4, 0.5) is 11.6 Å². The Morgan fingerprint density at radius 1 is 1.03 bits per heavy atom. The Morgan fingerprint density at radius 2 is 1.86 bits per heavy atom. The van der Waals surface area contributed by atoms with Crippen molar-refractivity contribution in [1.29, 1.82) is 0 Å². The van der Waals surface area contributed by atoms with Crippen LogP contribution in [0, 0.1) is 5.41 Å². The van der Waals surface area contributed by atoms with E-state index in [9.17, 15) is 0 Å². The molecule has 0 atom stereocenters. The van der Waals surface area contributed by atoms with Gasteiger partial charge in [0.2, 0.25) is 0 Å². The van der Waals surface area contributed by atoms with E-state index >= 15 is 0 Å². The van der Waals surface area contributed by atoms with Gasteiger partial charge in [-0.15, -0.1) is 11.3 Å². The average Bonchev–Trinajstić information content (AvgIpc) is 3.27. The summed E-state index contributed by atoms with van der Waals surface area (Å²) in [7, 11) is 2.16. The molecule has 6 nitrogen and oxygen atoms in total. The third-order valence-corrected chi connectivity index (χ3v) is 8.19. The highest BCUT2D eigenvalue weighted by atomic mass is 32.1. The maximum absolute atomic E-state index is 5.27. The maximum Gasteiger partial charge on any atom is 0.147 e. The number of fused-ring (bicyclic) bond motifs is 5.